The maximum Gasteiger partial charge on any atom is 0.272 e. The monoisotopic (exact) mass is 314 g/mol. The van der Waals surface area contributed by atoms with Crippen molar-refractivity contribution in [1.29, 1.82) is 0 Å². The van der Waals surface area contributed by atoms with E-state index < -0.39 is 0 Å². The molecule has 1 saturated heterocycles. The lowest BCUT2D eigenvalue weighted by molar-refractivity contribution is 0.0678. The molecule has 7 heteroatoms. The molecule has 122 valence electrons. The highest BCUT2D eigenvalue weighted by Gasteiger charge is 2.29. The van der Waals surface area contributed by atoms with Crippen LogP contribution in [0.5, 0.6) is 0 Å². The molecule has 4 rings (SSSR count). The smallest absolute Gasteiger partial charge is 0.272 e. The minimum atomic E-state index is 0.0825. The van der Waals surface area contributed by atoms with Crippen molar-refractivity contribution in [2.45, 2.75) is 38.0 Å². The molecule has 0 spiro atoms. The first-order valence-corrected chi connectivity index (χ1v) is 8.39. The second-order valence-corrected chi connectivity index (χ2v) is 6.69. The molecule has 1 aliphatic carbocycles. The standard InChI is InChI=1S/C16H22N6O/c1-21-13(4-7-17-21)16(23)22-8-5-11(6-9-22)10-14-18-15(20-19-14)12-2-3-12/h4,7,11-12H,2-3,5-6,8-10H2,1H3,(H,18,19,20). The van der Waals surface area contributed by atoms with Gasteiger partial charge in [-0.05, 0) is 37.7 Å². The number of aromatic nitrogens is 5. The fraction of sp³-hybridized carbons (Fsp3) is 0.625. The lowest BCUT2D eigenvalue weighted by atomic mass is 9.93. The average Bonchev–Trinajstić information content (AvgIpc) is 3.16. The molecule has 23 heavy (non-hydrogen) atoms. The third kappa shape index (κ3) is 3.00. The highest BCUT2D eigenvalue weighted by Crippen LogP contribution is 2.37. The van der Waals surface area contributed by atoms with Crippen molar-refractivity contribution in [3.63, 3.8) is 0 Å². The van der Waals surface area contributed by atoms with Gasteiger partial charge in [0.1, 0.15) is 11.5 Å². The van der Waals surface area contributed by atoms with E-state index in [2.05, 4.69) is 20.3 Å². The Balaban J connectivity index is 1.31. The fourth-order valence-electron chi connectivity index (χ4n) is 3.28. The van der Waals surface area contributed by atoms with Crippen LogP contribution in [0.4, 0.5) is 0 Å². The summed E-state index contributed by atoms with van der Waals surface area (Å²) in [4.78, 5) is 19.0. The van der Waals surface area contributed by atoms with Gasteiger partial charge in [0.15, 0.2) is 5.82 Å². The number of aromatic amines is 1. The zero-order chi connectivity index (χ0) is 15.8. The maximum absolute atomic E-state index is 12.5. The number of nitrogens with zero attached hydrogens (tertiary/aromatic N) is 5. The first kappa shape index (κ1) is 14.4. The van der Waals surface area contributed by atoms with Crippen LogP contribution in [0.1, 0.15) is 53.7 Å². The van der Waals surface area contributed by atoms with Gasteiger partial charge < -0.3 is 4.90 Å². The van der Waals surface area contributed by atoms with E-state index in [9.17, 15) is 4.79 Å². The lowest BCUT2D eigenvalue weighted by Crippen LogP contribution is -2.39. The molecule has 2 aromatic rings. The van der Waals surface area contributed by atoms with Gasteiger partial charge in [0, 0.05) is 38.7 Å². The van der Waals surface area contributed by atoms with Crippen LogP contribution in [-0.4, -0.2) is 48.9 Å². The maximum atomic E-state index is 12.5. The molecule has 3 heterocycles. The molecule has 1 aliphatic heterocycles. The van der Waals surface area contributed by atoms with Crippen molar-refractivity contribution in [2.75, 3.05) is 13.1 Å². The molecule has 2 aliphatic rings. The predicted octanol–water partition coefficient (Wildman–Crippen LogP) is 1.51. The molecule has 2 fully saturated rings. The molecular weight excluding hydrogens is 292 g/mol. The SMILES string of the molecule is Cn1nccc1C(=O)N1CCC(Cc2nc(C3CC3)n[nH]2)CC1. The molecule has 7 nitrogen and oxygen atoms in total. The van der Waals surface area contributed by atoms with E-state index in [-0.39, 0.29) is 5.91 Å². The van der Waals surface area contributed by atoms with Crippen molar-refractivity contribution in [3.05, 3.63) is 29.6 Å². The first-order valence-electron chi connectivity index (χ1n) is 8.39. The Bertz CT molecular complexity index is 693. The number of hydrogen-bond acceptors (Lipinski definition) is 4. The number of amides is 1. The van der Waals surface area contributed by atoms with Crippen molar-refractivity contribution < 1.29 is 4.79 Å². The Kier molecular flexibility index (Phi) is 3.63. The molecule has 0 atom stereocenters. The van der Waals surface area contributed by atoms with Crippen LogP contribution >= 0.6 is 0 Å². The first-order chi connectivity index (χ1) is 11.2. The fourth-order valence-corrected chi connectivity index (χ4v) is 3.28. The Morgan fingerprint density at radius 3 is 2.74 bits per heavy atom. The summed E-state index contributed by atoms with van der Waals surface area (Å²) in [7, 11) is 1.81. The van der Waals surface area contributed by atoms with Gasteiger partial charge in [-0.2, -0.15) is 10.2 Å². The number of H-pyrrole nitrogens is 1. The van der Waals surface area contributed by atoms with Crippen LogP contribution in [0.15, 0.2) is 12.3 Å². The Morgan fingerprint density at radius 1 is 1.30 bits per heavy atom. The largest absolute Gasteiger partial charge is 0.337 e. The van der Waals surface area contributed by atoms with Crippen molar-refractivity contribution in [2.24, 2.45) is 13.0 Å². The molecule has 1 N–H and O–H groups in total. The van der Waals surface area contributed by atoms with E-state index in [4.69, 9.17) is 0 Å². The summed E-state index contributed by atoms with van der Waals surface area (Å²) in [5.41, 5.74) is 0.660. The van der Waals surface area contributed by atoms with E-state index >= 15 is 0 Å². The van der Waals surface area contributed by atoms with Gasteiger partial charge in [0.05, 0.1) is 0 Å². The predicted molar refractivity (Wildman–Crippen MR) is 83.9 cm³/mol. The second-order valence-electron chi connectivity index (χ2n) is 6.69. The van der Waals surface area contributed by atoms with Gasteiger partial charge in [-0.1, -0.05) is 0 Å². The molecule has 0 unspecified atom stereocenters. The van der Waals surface area contributed by atoms with E-state index in [0.29, 0.717) is 17.5 Å². The number of nitrogens with one attached hydrogen (secondary N) is 1. The van der Waals surface area contributed by atoms with Gasteiger partial charge in [-0.15, -0.1) is 0 Å². The van der Waals surface area contributed by atoms with Crippen molar-refractivity contribution in [3.8, 4) is 0 Å². The van der Waals surface area contributed by atoms with Gasteiger partial charge in [-0.25, -0.2) is 4.98 Å². The zero-order valence-electron chi connectivity index (χ0n) is 13.4. The van der Waals surface area contributed by atoms with Gasteiger partial charge in [0.25, 0.3) is 5.91 Å². The second kappa shape index (κ2) is 5.79. The van der Waals surface area contributed by atoms with Crippen LogP contribution in [0.2, 0.25) is 0 Å². The Labute approximate surface area is 135 Å². The summed E-state index contributed by atoms with van der Waals surface area (Å²) in [5.74, 6) is 3.25. The van der Waals surface area contributed by atoms with E-state index in [1.807, 2.05) is 4.90 Å². The van der Waals surface area contributed by atoms with Gasteiger partial charge in [0.2, 0.25) is 0 Å². The zero-order valence-corrected chi connectivity index (χ0v) is 13.4. The molecule has 0 radical (unpaired) electrons. The lowest BCUT2D eigenvalue weighted by Gasteiger charge is -2.31. The van der Waals surface area contributed by atoms with Crippen LogP contribution in [0.3, 0.4) is 0 Å². The highest BCUT2D eigenvalue weighted by molar-refractivity contribution is 5.92. The van der Waals surface area contributed by atoms with Crippen molar-refractivity contribution >= 4 is 5.91 Å². The van der Waals surface area contributed by atoms with Crippen LogP contribution in [0, 0.1) is 5.92 Å². The molecule has 1 saturated carbocycles. The van der Waals surface area contributed by atoms with Crippen molar-refractivity contribution in [1.82, 2.24) is 29.9 Å². The number of carbonyl (C=O) groups is 1. The third-order valence-electron chi connectivity index (χ3n) is 4.92. The van der Waals surface area contributed by atoms with Crippen LogP contribution in [-0.2, 0) is 13.5 Å². The summed E-state index contributed by atoms with van der Waals surface area (Å²) in [6.07, 6.45) is 7.10. The van der Waals surface area contributed by atoms with E-state index in [1.54, 1.807) is 24.0 Å². The third-order valence-corrected chi connectivity index (χ3v) is 4.92. The minimum Gasteiger partial charge on any atom is -0.337 e. The summed E-state index contributed by atoms with van der Waals surface area (Å²) >= 11 is 0. The molecule has 2 aromatic heterocycles. The molecule has 0 aromatic carbocycles. The summed E-state index contributed by atoms with van der Waals surface area (Å²) in [6.45, 7) is 1.61. The Hall–Kier alpha value is -2.18. The average molecular weight is 314 g/mol. The molecule has 0 bridgehead atoms. The molecular formula is C16H22N6O. The minimum absolute atomic E-state index is 0.0825. The number of piperidine rings is 1. The number of hydrogen-bond donors (Lipinski definition) is 1. The van der Waals surface area contributed by atoms with E-state index in [1.165, 1.54) is 12.8 Å². The van der Waals surface area contributed by atoms with Gasteiger partial charge in [-0.3, -0.25) is 14.6 Å². The quantitative estimate of drug-likeness (QED) is 0.927. The summed E-state index contributed by atoms with van der Waals surface area (Å²) in [5, 5.41) is 11.5. The van der Waals surface area contributed by atoms with Crippen LogP contribution in [0.25, 0.3) is 0 Å². The number of aryl methyl sites for hydroxylation is 1. The Morgan fingerprint density at radius 2 is 2.09 bits per heavy atom. The number of rotatable bonds is 4. The summed E-state index contributed by atoms with van der Waals surface area (Å²) < 4.78 is 1.64. The van der Waals surface area contributed by atoms with Gasteiger partial charge >= 0.3 is 0 Å². The van der Waals surface area contributed by atoms with E-state index in [0.717, 1.165) is 44.0 Å². The summed E-state index contributed by atoms with van der Waals surface area (Å²) in [6, 6.07) is 1.78. The van der Waals surface area contributed by atoms with Crippen LogP contribution < -0.4 is 0 Å². The highest BCUT2D eigenvalue weighted by atomic mass is 16.2. The number of likely N-dealkylation sites (tertiary alicyclic amines) is 1. The normalized spacial score (nSPS) is 19.3. The topological polar surface area (TPSA) is 79.7 Å². The molecule has 1 amide bonds. The number of carbonyl (C=O) groups excluding carboxylic acids is 1.